The van der Waals surface area contributed by atoms with E-state index < -0.39 is 16.8 Å². The van der Waals surface area contributed by atoms with Crippen molar-refractivity contribution in [1.82, 2.24) is 10.3 Å². The van der Waals surface area contributed by atoms with Crippen molar-refractivity contribution in [1.29, 1.82) is 0 Å². The van der Waals surface area contributed by atoms with E-state index in [4.69, 9.17) is 5.11 Å². The summed E-state index contributed by atoms with van der Waals surface area (Å²) in [5.74, 6) is -1.70. The molecule has 0 aliphatic heterocycles. The number of hydrogen-bond donors (Lipinski definition) is 3. The van der Waals surface area contributed by atoms with E-state index in [-0.39, 0.29) is 24.5 Å². The van der Waals surface area contributed by atoms with Crippen molar-refractivity contribution in [2.45, 2.75) is 12.8 Å². The van der Waals surface area contributed by atoms with E-state index in [1.165, 1.54) is 12.1 Å². The number of carboxylic acid groups (broad SMARTS) is 1. The van der Waals surface area contributed by atoms with Crippen LogP contribution in [-0.4, -0.2) is 33.4 Å². The van der Waals surface area contributed by atoms with Gasteiger partial charge >= 0.3 is 11.8 Å². The standard InChI is InChI=1S/C9H11N3O5/c13-8(14)2-1-5-10-9(15)6-3-4-7(11-6)12(16)17/h3-4,11H,1-2,5H2,(H,10,15)(H,13,14). The minimum atomic E-state index is -0.935. The molecule has 0 unspecified atom stereocenters. The molecular formula is C9H11N3O5. The molecule has 0 aromatic carbocycles. The smallest absolute Gasteiger partial charge is 0.321 e. The summed E-state index contributed by atoms with van der Waals surface area (Å²) in [6.07, 6.45) is 0.273. The molecule has 0 saturated heterocycles. The molecule has 92 valence electrons. The van der Waals surface area contributed by atoms with E-state index in [1.54, 1.807) is 0 Å². The predicted octanol–water partition coefficient (Wildman–Crippen LogP) is 0.517. The van der Waals surface area contributed by atoms with E-state index in [2.05, 4.69) is 10.3 Å². The monoisotopic (exact) mass is 241 g/mol. The highest BCUT2D eigenvalue weighted by Crippen LogP contribution is 2.09. The fourth-order valence-corrected chi connectivity index (χ4v) is 1.16. The molecule has 8 heteroatoms. The van der Waals surface area contributed by atoms with Crippen molar-refractivity contribution >= 4 is 17.7 Å². The number of H-pyrrole nitrogens is 1. The van der Waals surface area contributed by atoms with E-state index in [0.717, 1.165) is 0 Å². The summed E-state index contributed by atoms with van der Waals surface area (Å²) >= 11 is 0. The lowest BCUT2D eigenvalue weighted by molar-refractivity contribution is -0.389. The highest BCUT2D eigenvalue weighted by atomic mass is 16.6. The quantitative estimate of drug-likeness (QED) is 0.380. The van der Waals surface area contributed by atoms with Crippen LogP contribution < -0.4 is 5.32 Å². The van der Waals surface area contributed by atoms with Crippen LogP contribution in [0.15, 0.2) is 12.1 Å². The number of carbonyl (C=O) groups is 2. The van der Waals surface area contributed by atoms with Crippen molar-refractivity contribution in [2.24, 2.45) is 0 Å². The summed E-state index contributed by atoms with van der Waals surface area (Å²) in [5, 5.41) is 21.2. The highest BCUT2D eigenvalue weighted by molar-refractivity contribution is 5.92. The molecule has 0 spiro atoms. The van der Waals surface area contributed by atoms with Gasteiger partial charge in [-0.05, 0) is 17.4 Å². The Morgan fingerprint density at radius 2 is 2.18 bits per heavy atom. The summed E-state index contributed by atoms with van der Waals surface area (Å²) in [4.78, 5) is 33.7. The second kappa shape index (κ2) is 5.64. The number of amides is 1. The molecule has 1 aromatic rings. The van der Waals surface area contributed by atoms with Gasteiger partial charge in [0, 0.05) is 19.0 Å². The number of aromatic amines is 1. The summed E-state index contributed by atoms with van der Waals surface area (Å²) in [7, 11) is 0. The largest absolute Gasteiger partial charge is 0.481 e. The van der Waals surface area contributed by atoms with Crippen molar-refractivity contribution in [3.63, 3.8) is 0 Å². The maximum atomic E-state index is 11.4. The molecule has 1 heterocycles. The van der Waals surface area contributed by atoms with Gasteiger partial charge in [-0.15, -0.1) is 0 Å². The van der Waals surface area contributed by atoms with Gasteiger partial charge in [-0.25, -0.2) is 4.98 Å². The van der Waals surface area contributed by atoms with Crippen LogP contribution in [0.25, 0.3) is 0 Å². The van der Waals surface area contributed by atoms with Crippen molar-refractivity contribution in [3.8, 4) is 0 Å². The molecule has 1 rings (SSSR count). The van der Waals surface area contributed by atoms with Crippen LogP contribution in [0, 0.1) is 10.1 Å². The molecule has 0 bridgehead atoms. The average molecular weight is 241 g/mol. The van der Waals surface area contributed by atoms with Crippen molar-refractivity contribution in [2.75, 3.05) is 6.54 Å². The van der Waals surface area contributed by atoms with Gasteiger partial charge in [0.15, 0.2) is 5.69 Å². The van der Waals surface area contributed by atoms with Crippen LogP contribution in [0.3, 0.4) is 0 Å². The SMILES string of the molecule is O=C(O)CCCNC(=O)c1ccc([N+](=O)[O-])[nH]1. The predicted molar refractivity (Wildman–Crippen MR) is 56.7 cm³/mol. The number of nitro groups is 1. The Bertz CT molecular complexity index is 440. The van der Waals surface area contributed by atoms with Gasteiger partial charge in [-0.1, -0.05) is 0 Å². The van der Waals surface area contributed by atoms with Gasteiger partial charge in [-0.2, -0.15) is 0 Å². The Morgan fingerprint density at radius 3 is 2.71 bits per heavy atom. The second-order valence-corrected chi connectivity index (χ2v) is 3.27. The number of nitrogens with one attached hydrogen (secondary N) is 2. The van der Waals surface area contributed by atoms with Crippen LogP contribution >= 0.6 is 0 Å². The van der Waals surface area contributed by atoms with E-state index in [1.807, 2.05) is 0 Å². The number of hydrogen-bond acceptors (Lipinski definition) is 4. The number of aromatic nitrogens is 1. The molecule has 17 heavy (non-hydrogen) atoms. The minimum absolute atomic E-state index is 0.0366. The molecule has 3 N–H and O–H groups in total. The summed E-state index contributed by atoms with van der Waals surface area (Å²) in [5.41, 5.74) is 0.0759. The minimum Gasteiger partial charge on any atom is -0.481 e. The lowest BCUT2D eigenvalue weighted by Crippen LogP contribution is -2.25. The molecule has 0 aliphatic carbocycles. The molecule has 8 nitrogen and oxygen atoms in total. The number of aliphatic carboxylic acids is 1. The summed E-state index contributed by atoms with van der Waals surface area (Å²) in [6, 6.07) is 2.48. The van der Waals surface area contributed by atoms with Gasteiger partial charge in [-0.3, -0.25) is 9.59 Å². The first-order valence-corrected chi connectivity index (χ1v) is 4.84. The molecule has 0 saturated carbocycles. The van der Waals surface area contributed by atoms with Crippen LogP contribution in [0.5, 0.6) is 0 Å². The lowest BCUT2D eigenvalue weighted by Gasteiger charge is -2.00. The molecule has 0 radical (unpaired) electrons. The van der Waals surface area contributed by atoms with Crippen LogP contribution in [0.2, 0.25) is 0 Å². The third kappa shape index (κ3) is 3.93. The Labute approximate surface area is 95.8 Å². The Balaban J connectivity index is 2.41. The highest BCUT2D eigenvalue weighted by Gasteiger charge is 2.14. The van der Waals surface area contributed by atoms with Gasteiger partial charge in [0.1, 0.15) is 0 Å². The second-order valence-electron chi connectivity index (χ2n) is 3.27. The number of carboxylic acids is 1. The maximum absolute atomic E-state index is 11.4. The zero-order valence-electron chi connectivity index (χ0n) is 8.80. The summed E-state index contributed by atoms with van der Waals surface area (Å²) in [6.45, 7) is 0.206. The normalized spacial score (nSPS) is 9.88. The van der Waals surface area contributed by atoms with Crippen molar-refractivity contribution < 1.29 is 19.6 Å². The average Bonchev–Trinajstić information content (AvgIpc) is 2.73. The fourth-order valence-electron chi connectivity index (χ4n) is 1.16. The van der Waals surface area contributed by atoms with Gasteiger partial charge in [0.25, 0.3) is 5.91 Å². The third-order valence-corrected chi connectivity index (χ3v) is 1.96. The lowest BCUT2D eigenvalue weighted by atomic mass is 10.3. The molecule has 1 aromatic heterocycles. The van der Waals surface area contributed by atoms with Crippen LogP contribution in [0.1, 0.15) is 23.3 Å². The number of nitrogens with zero attached hydrogens (tertiary/aromatic N) is 1. The van der Waals surface area contributed by atoms with Gasteiger partial charge in [0.05, 0.1) is 0 Å². The third-order valence-electron chi connectivity index (χ3n) is 1.96. The first kappa shape index (κ1) is 12.7. The Kier molecular flexibility index (Phi) is 4.21. The number of rotatable bonds is 6. The first-order chi connectivity index (χ1) is 8.00. The first-order valence-electron chi connectivity index (χ1n) is 4.84. The molecule has 1 amide bonds. The van der Waals surface area contributed by atoms with Gasteiger partial charge < -0.3 is 20.5 Å². The van der Waals surface area contributed by atoms with Crippen LogP contribution in [0.4, 0.5) is 5.82 Å². The maximum Gasteiger partial charge on any atom is 0.321 e. The molecule has 0 fully saturated rings. The number of carbonyl (C=O) groups excluding carboxylic acids is 1. The Hall–Kier alpha value is -2.38. The van der Waals surface area contributed by atoms with E-state index in [9.17, 15) is 19.7 Å². The molecular weight excluding hydrogens is 230 g/mol. The van der Waals surface area contributed by atoms with E-state index >= 15 is 0 Å². The van der Waals surface area contributed by atoms with E-state index in [0.29, 0.717) is 6.42 Å². The van der Waals surface area contributed by atoms with Crippen LogP contribution in [-0.2, 0) is 4.79 Å². The Morgan fingerprint density at radius 1 is 1.47 bits per heavy atom. The molecule has 0 atom stereocenters. The summed E-state index contributed by atoms with van der Waals surface area (Å²) < 4.78 is 0. The molecule has 0 aliphatic rings. The van der Waals surface area contributed by atoms with Crippen molar-refractivity contribution in [3.05, 3.63) is 27.9 Å². The fraction of sp³-hybridized carbons (Fsp3) is 0.333. The zero-order chi connectivity index (χ0) is 12.8. The topological polar surface area (TPSA) is 125 Å². The van der Waals surface area contributed by atoms with Gasteiger partial charge in [0.2, 0.25) is 0 Å². The zero-order valence-corrected chi connectivity index (χ0v) is 8.80.